The van der Waals surface area contributed by atoms with Crippen molar-refractivity contribution in [2.45, 2.75) is 64.6 Å². The fourth-order valence-corrected chi connectivity index (χ4v) is 2.31. The van der Waals surface area contributed by atoms with Gasteiger partial charge < -0.3 is 32.5 Å². The summed E-state index contributed by atoms with van der Waals surface area (Å²) in [6.45, 7) is 5.22. The molecule has 0 aliphatic rings. The maximum Gasteiger partial charge on any atom is 0.322 e. The number of hydrogen-bond acceptors (Lipinski definition) is 6. The zero-order valence-corrected chi connectivity index (χ0v) is 16.3. The number of nitrogens with two attached hydrogens (primary N) is 2. The average molecular weight is 387 g/mol. The first-order chi connectivity index (χ1) is 12.6. The summed E-state index contributed by atoms with van der Waals surface area (Å²) in [4.78, 5) is 47.1. The zero-order valence-electron chi connectivity index (χ0n) is 16.3. The molecule has 0 radical (unpaired) electrons. The number of nitrogens with one attached hydrogen (secondary N) is 3. The smallest absolute Gasteiger partial charge is 0.322 e. The number of aliphatic carboxylic acids is 1. The number of carbonyl (C=O) groups excluding carboxylic acids is 3. The van der Waals surface area contributed by atoms with Gasteiger partial charge in [-0.25, -0.2) is 0 Å². The Hall–Kier alpha value is -2.20. The van der Waals surface area contributed by atoms with Gasteiger partial charge >= 0.3 is 5.97 Å². The van der Waals surface area contributed by atoms with Crippen LogP contribution >= 0.6 is 0 Å². The quantitative estimate of drug-likeness (QED) is 0.212. The number of carbonyl (C=O) groups is 4. The number of carboxylic acid groups (broad SMARTS) is 1. The van der Waals surface area contributed by atoms with Crippen LogP contribution in [0.5, 0.6) is 0 Å². The van der Waals surface area contributed by atoms with Crippen LogP contribution in [0.3, 0.4) is 0 Å². The van der Waals surface area contributed by atoms with Crippen LogP contribution in [0, 0.1) is 5.92 Å². The molecule has 0 heterocycles. The van der Waals surface area contributed by atoms with E-state index in [1.807, 2.05) is 13.8 Å². The molecule has 0 aliphatic heterocycles. The van der Waals surface area contributed by atoms with Crippen LogP contribution in [0.25, 0.3) is 0 Å². The van der Waals surface area contributed by atoms with Crippen LogP contribution in [0.2, 0.25) is 0 Å². The second-order valence-electron chi connectivity index (χ2n) is 6.92. The first-order valence-electron chi connectivity index (χ1n) is 9.14. The fourth-order valence-electron chi connectivity index (χ4n) is 2.31. The first kappa shape index (κ1) is 24.8. The molecule has 0 rings (SSSR count). The maximum atomic E-state index is 12.3. The maximum absolute atomic E-state index is 12.3. The summed E-state index contributed by atoms with van der Waals surface area (Å²) in [6.07, 6.45) is 2.27. The Morgan fingerprint density at radius 2 is 1.59 bits per heavy atom. The molecule has 0 fully saturated rings. The summed E-state index contributed by atoms with van der Waals surface area (Å²) in [5.41, 5.74) is 11.2. The Morgan fingerprint density at radius 1 is 0.963 bits per heavy atom. The molecule has 0 aromatic heterocycles. The Bertz CT molecular complexity index is 512. The van der Waals surface area contributed by atoms with Gasteiger partial charge in [-0.05, 0) is 38.6 Å². The molecule has 0 aromatic carbocycles. The van der Waals surface area contributed by atoms with Gasteiger partial charge in [-0.15, -0.1) is 0 Å². The highest BCUT2D eigenvalue weighted by molar-refractivity contribution is 5.93. The highest BCUT2D eigenvalue weighted by Crippen LogP contribution is 2.06. The van der Waals surface area contributed by atoms with Gasteiger partial charge in [0.25, 0.3) is 0 Å². The molecular weight excluding hydrogens is 354 g/mol. The van der Waals surface area contributed by atoms with Crippen molar-refractivity contribution >= 4 is 23.7 Å². The van der Waals surface area contributed by atoms with Gasteiger partial charge in [0.2, 0.25) is 17.7 Å². The van der Waals surface area contributed by atoms with Gasteiger partial charge in [0.05, 0.1) is 6.04 Å². The van der Waals surface area contributed by atoms with Gasteiger partial charge in [0.15, 0.2) is 0 Å². The largest absolute Gasteiger partial charge is 0.480 e. The van der Waals surface area contributed by atoms with E-state index in [4.69, 9.17) is 16.6 Å². The molecule has 0 saturated heterocycles. The van der Waals surface area contributed by atoms with Gasteiger partial charge in [0.1, 0.15) is 18.6 Å². The summed E-state index contributed by atoms with van der Waals surface area (Å²) in [5, 5.41) is 16.0. The van der Waals surface area contributed by atoms with E-state index < -0.39 is 48.4 Å². The molecule has 27 heavy (non-hydrogen) atoms. The predicted octanol–water partition coefficient (Wildman–Crippen LogP) is -1.32. The molecule has 0 spiro atoms. The van der Waals surface area contributed by atoms with Crippen molar-refractivity contribution in [3.63, 3.8) is 0 Å². The lowest BCUT2D eigenvalue weighted by molar-refractivity contribution is -0.138. The van der Waals surface area contributed by atoms with Crippen molar-refractivity contribution < 1.29 is 24.3 Å². The zero-order chi connectivity index (χ0) is 21.0. The van der Waals surface area contributed by atoms with Crippen LogP contribution < -0.4 is 27.4 Å². The third-order valence-electron chi connectivity index (χ3n) is 3.81. The molecule has 10 nitrogen and oxygen atoms in total. The lowest BCUT2D eigenvalue weighted by atomic mass is 10.0. The SMILES string of the molecule is CC(C)CC(NC(=O)C(C)NC(=O)C(N)CCCCN)C(=O)NCC(=O)O. The third kappa shape index (κ3) is 11.2. The van der Waals surface area contributed by atoms with Crippen LogP contribution in [0.15, 0.2) is 0 Å². The Labute approximate surface area is 159 Å². The minimum absolute atomic E-state index is 0.0896. The van der Waals surface area contributed by atoms with Gasteiger partial charge in [-0.3, -0.25) is 19.2 Å². The lowest BCUT2D eigenvalue weighted by Gasteiger charge is -2.23. The fraction of sp³-hybridized carbons (Fsp3) is 0.765. The number of unbranched alkanes of at least 4 members (excludes halogenated alkanes) is 1. The van der Waals surface area contributed by atoms with Crippen molar-refractivity contribution in [1.82, 2.24) is 16.0 Å². The van der Waals surface area contributed by atoms with E-state index in [1.54, 1.807) is 0 Å². The molecule has 0 aromatic rings. The van der Waals surface area contributed by atoms with E-state index in [9.17, 15) is 19.2 Å². The molecule has 0 bridgehead atoms. The molecular formula is C17H33N5O5. The van der Waals surface area contributed by atoms with E-state index in [0.717, 1.165) is 6.42 Å². The second-order valence-corrected chi connectivity index (χ2v) is 6.92. The summed E-state index contributed by atoms with van der Waals surface area (Å²) in [5.74, 6) is -2.68. The summed E-state index contributed by atoms with van der Waals surface area (Å²) in [7, 11) is 0. The van der Waals surface area contributed by atoms with Crippen molar-refractivity contribution in [2.24, 2.45) is 17.4 Å². The van der Waals surface area contributed by atoms with Gasteiger partial charge in [-0.2, -0.15) is 0 Å². The summed E-state index contributed by atoms with van der Waals surface area (Å²) < 4.78 is 0. The standard InChI is InChI=1S/C17H33N5O5/c1-10(2)8-13(17(27)20-9-14(23)24)22-15(25)11(3)21-16(26)12(19)6-4-5-7-18/h10-13H,4-9,18-19H2,1-3H3,(H,20,27)(H,21,26)(H,22,25)(H,23,24). The van der Waals surface area contributed by atoms with E-state index in [-0.39, 0.29) is 5.92 Å². The van der Waals surface area contributed by atoms with Crippen molar-refractivity contribution in [2.75, 3.05) is 13.1 Å². The monoisotopic (exact) mass is 387 g/mol. The van der Waals surface area contributed by atoms with Crippen LogP contribution in [0.1, 0.15) is 46.5 Å². The van der Waals surface area contributed by atoms with Crippen LogP contribution in [-0.4, -0.2) is 60.0 Å². The number of carboxylic acids is 1. The van der Waals surface area contributed by atoms with E-state index in [0.29, 0.717) is 25.8 Å². The first-order valence-corrected chi connectivity index (χ1v) is 9.14. The molecule has 8 N–H and O–H groups in total. The van der Waals surface area contributed by atoms with Crippen molar-refractivity contribution in [3.05, 3.63) is 0 Å². The molecule has 3 unspecified atom stereocenters. The summed E-state index contributed by atoms with van der Waals surface area (Å²) in [6, 6.07) is -2.52. The van der Waals surface area contributed by atoms with E-state index in [1.165, 1.54) is 6.92 Å². The predicted molar refractivity (Wildman–Crippen MR) is 101 cm³/mol. The minimum Gasteiger partial charge on any atom is -0.480 e. The minimum atomic E-state index is -1.18. The van der Waals surface area contributed by atoms with E-state index in [2.05, 4.69) is 16.0 Å². The number of hydrogen-bond donors (Lipinski definition) is 6. The van der Waals surface area contributed by atoms with Crippen molar-refractivity contribution in [3.8, 4) is 0 Å². The van der Waals surface area contributed by atoms with Gasteiger partial charge in [0, 0.05) is 0 Å². The van der Waals surface area contributed by atoms with E-state index >= 15 is 0 Å². The topological polar surface area (TPSA) is 177 Å². The van der Waals surface area contributed by atoms with Crippen LogP contribution in [-0.2, 0) is 19.2 Å². The van der Waals surface area contributed by atoms with Crippen LogP contribution in [0.4, 0.5) is 0 Å². The Kier molecular flexibility index (Phi) is 12.0. The average Bonchev–Trinajstić information content (AvgIpc) is 2.58. The Balaban J connectivity index is 4.68. The number of amides is 3. The normalized spacial score (nSPS) is 14.1. The summed E-state index contributed by atoms with van der Waals surface area (Å²) >= 11 is 0. The second kappa shape index (κ2) is 13.0. The van der Waals surface area contributed by atoms with Gasteiger partial charge in [-0.1, -0.05) is 20.3 Å². The molecule has 10 heteroatoms. The third-order valence-corrected chi connectivity index (χ3v) is 3.81. The van der Waals surface area contributed by atoms with Crippen molar-refractivity contribution in [1.29, 1.82) is 0 Å². The highest BCUT2D eigenvalue weighted by Gasteiger charge is 2.26. The Morgan fingerprint density at radius 3 is 2.11 bits per heavy atom. The molecule has 0 aliphatic carbocycles. The molecule has 3 amide bonds. The molecule has 156 valence electrons. The highest BCUT2D eigenvalue weighted by atomic mass is 16.4. The molecule has 3 atom stereocenters. The molecule has 0 saturated carbocycles. The number of rotatable bonds is 13. The lowest BCUT2D eigenvalue weighted by Crippen LogP contribution is -2.55.